The van der Waals surface area contributed by atoms with Crippen LogP contribution in [-0.4, -0.2) is 11.9 Å². The predicted molar refractivity (Wildman–Crippen MR) is 333 cm³/mol. The molecule has 29 aromatic carbocycles. The molecule has 1 heterocycles. The molecule has 1 saturated heterocycles. The molecule has 78 heavy (non-hydrogen) atoms. The Balaban J connectivity index is 1.04. The van der Waals surface area contributed by atoms with E-state index >= 15 is 0 Å². The summed E-state index contributed by atoms with van der Waals surface area (Å²) in [7, 11) is 2.70. The van der Waals surface area contributed by atoms with Crippen molar-refractivity contribution in [2.45, 2.75) is 75.8 Å². The Hall–Kier alpha value is -8.36. The Morgan fingerprint density at radius 2 is 0.449 bits per heavy atom. The first-order valence-electron chi connectivity index (χ1n) is 29.7. The van der Waals surface area contributed by atoms with Crippen molar-refractivity contribution in [3.05, 3.63) is 57.1 Å². The Morgan fingerprint density at radius 3 is 0.641 bits per heavy atom. The van der Waals surface area contributed by atoms with Gasteiger partial charge in [-0.2, -0.15) is 0 Å². The van der Waals surface area contributed by atoms with E-state index in [1.54, 1.807) is 319 Å². The molecule has 0 amide bonds. The van der Waals surface area contributed by atoms with E-state index < -0.39 is 0 Å². The lowest BCUT2D eigenvalue weighted by Crippen LogP contribution is -2.54. The number of hydrogen-bond donors (Lipinski definition) is 0. The van der Waals surface area contributed by atoms with Gasteiger partial charge in [0.2, 0.25) is 0 Å². The van der Waals surface area contributed by atoms with Crippen LogP contribution in [0.25, 0.3) is 291 Å². The molecule has 1 heteroatoms. The van der Waals surface area contributed by atoms with Crippen molar-refractivity contribution in [1.29, 1.82) is 0 Å². The highest BCUT2D eigenvalue weighted by molar-refractivity contribution is 6.82. The number of nitrogens with zero attached hydrogens (tertiary/aromatic N) is 1. The average Bonchev–Trinajstić information content (AvgIpc) is 2.53. The summed E-state index contributed by atoms with van der Waals surface area (Å²) in [5, 5.41) is 90.5. The van der Waals surface area contributed by atoms with Gasteiger partial charge >= 0.3 is 0 Å². The molecular weight excluding hydrogens is 939 g/mol. The van der Waals surface area contributed by atoms with Gasteiger partial charge in [-0.05, 0) is 354 Å². The Morgan fingerprint density at radius 1 is 0.269 bits per heavy atom. The smallest absolute Gasteiger partial charge is 0.0884 e. The summed E-state index contributed by atoms with van der Waals surface area (Å²) in [6, 6.07) is 8.24. The van der Waals surface area contributed by atoms with Crippen LogP contribution < -0.4 is 0 Å². The van der Waals surface area contributed by atoms with Gasteiger partial charge in [0, 0.05) is 6.04 Å². The number of benzene rings is 19. The maximum absolute atomic E-state index is 3.16. The third-order valence-corrected chi connectivity index (χ3v) is 28.0. The SMILES string of the molecule is CN1C(c2cc(C(C)(C)C)cc(C(C)(C)C)c2)CC23c4c5c6c7c8c9c(c%10c%11c2c2c4c4c%12c5c5c6c6c8c8c%13c9c9c%10c%10c%11c%11c2c2c4c4c%12c%12c5c5c6c8c6c8c%13c9c9c%10c%10c%11c2c2c4c4c%12c5c6c5c8c9c%10c2c45)C713. The molecule has 1 fully saturated rings. The zero-order chi connectivity index (χ0) is 48.2. The van der Waals surface area contributed by atoms with Crippen molar-refractivity contribution >= 4 is 291 Å². The van der Waals surface area contributed by atoms with Gasteiger partial charge in [0.05, 0.1) is 11.0 Å². The molecule has 0 saturated carbocycles. The molecule has 5 aliphatic rings. The average molecular weight is 966 g/mol. The number of likely N-dealkylation sites (N-methyl/N-ethyl adjacent to an activating group) is 1. The maximum atomic E-state index is 3.16. The van der Waals surface area contributed by atoms with E-state index in [-0.39, 0.29) is 27.8 Å². The summed E-state index contributed by atoms with van der Waals surface area (Å²) in [5.41, 5.74) is 11.0. The van der Waals surface area contributed by atoms with Crippen molar-refractivity contribution in [2.75, 3.05) is 7.05 Å². The van der Waals surface area contributed by atoms with Crippen LogP contribution in [0.2, 0.25) is 0 Å². The van der Waals surface area contributed by atoms with E-state index in [9.17, 15) is 0 Å². The molecule has 0 radical (unpaired) electrons. The van der Waals surface area contributed by atoms with Crippen LogP contribution >= 0.6 is 0 Å². The summed E-state index contributed by atoms with van der Waals surface area (Å²) < 4.78 is 0. The van der Waals surface area contributed by atoms with Crippen molar-refractivity contribution in [2.24, 2.45) is 0 Å². The molecule has 340 valence electrons. The van der Waals surface area contributed by atoms with Crippen LogP contribution in [0.5, 0.6) is 0 Å². The van der Waals surface area contributed by atoms with Crippen molar-refractivity contribution in [3.63, 3.8) is 0 Å². The van der Waals surface area contributed by atoms with Crippen LogP contribution in [0.15, 0.2) is 18.2 Å². The fourth-order valence-corrected chi connectivity index (χ4v) is 27.1. The van der Waals surface area contributed by atoms with Crippen LogP contribution in [0, 0.1) is 0 Å². The first kappa shape index (κ1) is 31.8. The van der Waals surface area contributed by atoms with Gasteiger partial charge in [0.15, 0.2) is 0 Å². The Kier molecular flexibility index (Phi) is 2.94. The van der Waals surface area contributed by atoms with Crippen molar-refractivity contribution in [1.82, 2.24) is 4.90 Å². The van der Waals surface area contributed by atoms with Crippen LogP contribution in [-0.2, 0) is 21.8 Å². The van der Waals surface area contributed by atoms with E-state index in [2.05, 4.69) is 71.7 Å². The Labute approximate surface area is 433 Å². The van der Waals surface area contributed by atoms with Gasteiger partial charge in [-0.25, -0.2) is 0 Å². The van der Waals surface area contributed by atoms with E-state index in [0.717, 1.165) is 6.42 Å². The molecule has 2 spiro atoms. The van der Waals surface area contributed by atoms with Gasteiger partial charge in [-0.15, -0.1) is 0 Å². The standard InChI is InChI=1S/C77H27N/c1-74(2,3)13-8-12(9-14(10-13)75(4,5)6)15-11-76-70-62-54-44-34-26-18-16-17-20-24-22(18)30-38-32(24)42-36-28(20)29-21(17)25-23-19(16)27(26)35-41-31(23)39-33(25)43-37(29)47-46(36)58-52(42)60-50(38)56(48(54)40(30)34)64(70)66(60)72-68(58)69-59(47)53(43)61-51(39)57-49(41)55(45(35)44)63(62)71(76)65(57)67(61)73(69)77(72,76)78(15)7/h8-10,15H,11H2,1-7H3. The minimum atomic E-state index is -0.386. The van der Waals surface area contributed by atoms with Gasteiger partial charge in [0.25, 0.3) is 0 Å². The highest BCUT2D eigenvalue weighted by atomic mass is 15.3. The second kappa shape index (κ2) is 7.21. The molecule has 1 aliphatic heterocycles. The zero-order valence-electron chi connectivity index (χ0n) is 43.0. The molecule has 4 aliphatic carbocycles. The summed E-state index contributed by atoms with van der Waals surface area (Å²) >= 11 is 0. The molecule has 0 N–H and O–H groups in total. The third kappa shape index (κ3) is 1.81. The molecule has 34 rings (SSSR count). The molecule has 1 atom stereocenters. The monoisotopic (exact) mass is 965 g/mol. The third-order valence-electron chi connectivity index (χ3n) is 28.0. The normalized spacial score (nSPS) is 23.2. The van der Waals surface area contributed by atoms with Crippen LogP contribution in [0.4, 0.5) is 0 Å². The Bertz CT molecular complexity index is 7500. The van der Waals surface area contributed by atoms with Gasteiger partial charge in [-0.3, -0.25) is 4.90 Å². The van der Waals surface area contributed by atoms with Gasteiger partial charge < -0.3 is 0 Å². The van der Waals surface area contributed by atoms with E-state index in [1.165, 1.54) is 11.1 Å². The highest BCUT2D eigenvalue weighted by Crippen LogP contribution is 2.87. The summed E-state index contributed by atoms with van der Waals surface area (Å²) in [4.78, 5) is 3.16. The quantitative estimate of drug-likeness (QED) is 0.148. The molecule has 29 aromatic rings. The zero-order valence-corrected chi connectivity index (χ0v) is 43.0. The van der Waals surface area contributed by atoms with E-state index in [4.69, 9.17) is 0 Å². The minimum Gasteiger partial charge on any atom is -0.285 e. The molecule has 1 unspecified atom stereocenters. The van der Waals surface area contributed by atoms with Crippen LogP contribution in [0.3, 0.4) is 0 Å². The van der Waals surface area contributed by atoms with E-state index in [0.29, 0.717) is 0 Å². The molecular formula is C77H27N. The molecule has 0 bridgehead atoms. The highest BCUT2D eigenvalue weighted by Gasteiger charge is 2.75. The van der Waals surface area contributed by atoms with Crippen LogP contribution in [0.1, 0.15) is 92.9 Å². The fraction of sp³-hybridized carbons (Fsp3) is 0.169. The van der Waals surface area contributed by atoms with Crippen molar-refractivity contribution < 1.29 is 0 Å². The van der Waals surface area contributed by atoms with Gasteiger partial charge in [0.1, 0.15) is 0 Å². The van der Waals surface area contributed by atoms with E-state index in [1.807, 2.05) is 0 Å². The first-order valence-corrected chi connectivity index (χ1v) is 29.7. The number of hydrogen-bond acceptors (Lipinski definition) is 1. The number of rotatable bonds is 1. The summed E-state index contributed by atoms with van der Waals surface area (Å²) in [6.45, 7) is 14.8. The van der Waals surface area contributed by atoms with Gasteiger partial charge in [-0.1, -0.05) is 59.7 Å². The summed E-state index contributed by atoms with van der Waals surface area (Å²) in [6.07, 6.45) is 1.11. The second-order valence-corrected chi connectivity index (χ2v) is 31.0. The fourth-order valence-electron chi connectivity index (χ4n) is 27.1. The topological polar surface area (TPSA) is 3.24 Å². The molecule has 0 aromatic heterocycles. The number of likely N-dealkylation sites (tertiary alicyclic amines) is 1. The molecule has 1 nitrogen and oxygen atoms in total. The lowest BCUT2D eigenvalue weighted by molar-refractivity contribution is 0.147. The lowest BCUT2D eigenvalue weighted by Gasteiger charge is -2.53. The first-order chi connectivity index (χ1) is 38.1. The largest absolute Gasteiger partial charge is 0.285 e. The maximum Gasteiger partial charge on any atom is 0.0884 e. The van der Waals surface area contributed by atoms with Crippen molar-refractivity contribution in [3.8, 4) is 0 Å². The second-order valence-electron chi connectivity index (χ2n) is 31.0. The summed E-state index contributed by atoms with van der Waals surface area (Å²) in [5.74, 6) is 0. The predicted octanol–water partition coefficient (Wildman–Crippen LogP) is 20.9. The lowest BCUT2D eigenvalue weighted by atomic mass is 9.53. The minimum absolute atomic E-state index is 0.0213.